The smallest absolute Gasteiger partial charge is 0.0457 e. The Morgan fingerprint density at radius 3 is 2.18 bits per heavy atom. The van der Waals surface area contributed by atoms with Gasteiger partial charge in [-0.1, -0.05) is 20.8 Å². The minimum absolute atomic E-state index is 0.321. The minimum atomic E-state index is 0.321. The van der Waals surface area contributed by atoms with Gasteiger partial charge in [0.1, 0.15) is 0 Å². The molecule has 0 fully saturated rings. The molecule has 0 bridgehead atoms. The van der Waals surface area contributed by atoms with Crippen molar-refractivity contribution in [2.45, 2.75) is 27.2 Å². The van der Waals surface area contributed by atoms with Crippen LogP contribution in [-0.4, -0.2) is 36.2 Å². The molecule has 1 atom stereocenters. The van der Waals surface area contributed by atoms with Gasteiger partial charge in [0.05, 0.1) is 0 Å². The SMILES string of the molecule is CCN(CC)CCC(C)CO. The molecule has 2 heteroatoms. The van der Waals surface area contributed by atoms with Crippen molar-refractivity contribution < 1.29 is 5.11 Å². The zero-order chi connectivity index (χ0) is 8.69. The molecular weight excluding hydrogens is 138 g/mol. The van der Waals surface area contributed by atoms with Crippen molar-refractivity contribution in [2.75, 3.05) is 26.2 Å². The van der Waals surface area contributed by atoms with Crippen LogP contribution in [-0.2, 0) is 0 Å². The summed E-state index contributed by atoms with van der Waals surface area (Å²) in [6, 6.07) is 0. The van der Waals surface area contributed by atoms with Gasteiger partial charge in [-0.2, -0.15) is 0 Å². The molecule has 0 spiro atoms. The van der Waals surface area contributed by atoms with E-state index in [0.29, 0.717) is 12.5 Å². The molecule has 0 aliphatic carbocycles. The first-order valence-corrected chi connectivity index (χ1v) is 4.57. The highest BCUT2D eigenvalue weighted by Crippen LogP contribution is 2.01. The fraction of sp³-hybridized carbons (Fsp3) is 1.00. The summed E-state index contributed by atoms with van der Waals surface area (Å²) in [6.45, 7) is 10.1. The maximum atomic E-state index is 8.77. The van der Waals surface area contributed by atoms with Crippen LogP contribution in [0.4, 0.5) is 0 Å². The molecule has 0 radical (unpaired) electrons. The van der Waals surface area contributed by atoms with Gasteiger partial charge in [-0.15, -0.1) is 0 Å². The van der Waals surface area contributed by atoms with Gasteiger partial charge in [0.15, 0.2) is 0 Å². The second-order valence-electron chi connectivity index (χ2n) is 3.10. The Labute approximate surface area is 70.2 Å². The molecular formula is C9H21NO. The average Bonchev–Trinajstić information content (AvgIpc) is 2.06. The predicted molar refractivity (Wildman–Crippen MR) is 48.7 cm³/mol. The van der Waals surface area contributed by atoms with Crippen LogP contribution in [0.15, 0.2) is 0 Å². The zero-order valence-corrected chi connectivity index (χ0v) is 8.01. The molecule has 68 valence electrons. The molecule has 0 amide bonds. The average molecular weight is 159 g/mol. The minimum Gasteiger partial charge on any atom is -0.396 e. The summed E-state index contributed by atoms with van der Waals surface area (Å²) in [7, 11) is 0. The Hall–Kier alpha value is -0.0800. The second-order valence-corrected chi connectivity index (χ2v) is 3.10. The molecule has 0 aliphatic rings. The quantitative estimate of drug-likeness (QED) is 0.632. The van der Waals surface area contributed by atoms with Crippen LogP contribution in [0.5, 0.6) is 0 Å². The second kappa shape index (κ2) is 6.62. The Bertz CT molecular complexity index is 81.6. The van der Waals surface area contributed by atoms with Gasteiger partial charge < -0.3 is 10.0 Å². The van der Waals surface area contributed by atoms with Crippen molar-refractivity contribution in [1.82, 2.24) is 4.90 Å². The van der Waals surface area contributed by atoms with Crippen molar-refractivity contribution in [3.05, 3.63) is 0 Å². The van der Waals surface area contributed by atoms with Crippen LogP contribution in [0, 0.1) is 5.92 Å². The fourth-order valence-corrected chi connectivity index (χ4v) is 1.03. The van der Waals surface area contributed by atoms with Crippen molar-refractivity contribution in [3.8, 4) is 0 Å². The third kappa shape index (κ3) is 5.22. The summed E-state index contributed by atoms with van der Waals surface area (Å²) in [5.41, 5.74) is 0. The largest absolute Gasteiger partial charge is 0.396 e. The molecule has 2 nitrogen and oxygen atoms in total. The van der Waals surface area contributed by atoms with E-state index in [0.717, 1.165) is 26.1 Å². The van der Waals surface area contributed by atoms with Gasteiger partial charge in [0, 0.05) is 6.61 Å². The highest BCUT2D eigenvalue weighted by atomic mass is 16.3. The molecule has 0 aliphatic heterocycles. The van der Waals surface area contributed by atoms with E-state index < -0.39 is 0 Å². The Balaban J connectivity index is 3.34. The predicted octanol–water partition coefficient (Wildman–Crippen LogP) is 1.35. The van der Waals surface area contributed by atoms with Crippen molar-refractivity contribution >= 4 is 0 Å². The summed E-state index contributed by atoms with van der Waals surface area (Å²) in [4.78, 5) is 2.38. The zero-order valence-electron chi connectivity index (χ0n) is 8.01. The normalized spacial score (nSPS) is 13.9. The molecule has 0 aromatic heterocycles. The molecule has 0 aromatic carbocycles. The lowest BCUT2D eigenvalue weighted by Crippen LogP contribution is -2.25. The van der Waals surface area contributed by atoms with Crippen LogP contribution < -0.4 is 0 Å². The lowest BCUT2D eigenvalue weighted by molar-refractivity contribution is 0.205. The summed E-state index contributed by atoms with van der Waals surface area (Å²) in [6.07, 6.45) is 1.11. The van der Waals surface area contributed by atoms with E-state index in [9.17, 15) is 0 Å². The van der Waals surface area contributed by atoms with E-state index in [1.165, 1.54) is 0 Å². The fourth-order valence-electron chi connectivity index (χ4n) is 1.03. The van der Waals surface area contributed by atoms with Gasteiger partial charge in [-0.3, -0.25) is 0 Å². The molecule has 1 unspecified atom stereocenters. The van der Waals surface area contributed by atoms with Crippen LogP contribution in [0.25, 0.3) is 0 Å². The first-order valence-electron chi connectivity index (χ1n) is 4.57. The summed E-state index contributed by atoms with van der Waals surface area (Å²) >= 11 is 0. The first kappa shape index (κ1) is 10.9. The molecule has 0 rings (SSSR count). The standard InChI is InChI=1S/C9H21NO/c1-4-10(5-2)7-6-9(3)8-11/h9,11H,4-8H2,1-3H3. The Morgan fingerprint density at radius 2 is 1.82 bits per heavy atom. The molecule has 0 saturated heterocycles. The van der Waals surface area contributed by atoms with Crippen LogP contribution >= 0.6 is 0 Å². The lowest BCUT2D eigenvalue weighted by Gasteiger charge is -2.19. The highest BCUT2D eigenvalue weighted by molar-refractivity contribution is 4.56. The topological polar surface area (TPSA) is 23.5 Å². The van der Waals surface area contributed by atoms with Gasteiger partial charge in [-0.05, 0) is 32.0 Å². The summed E-state index contributed by atoms with van der Waals surface area (Å²) in [5, 5.41) is 8.77. The monoisotopic (exact) mass is 159 g/mol. The number of aliphatic hydroxyl groups excluding tert-OH is 1. The van der Waals surface area contributed by atoms with Crippen molar-refractivity contribution in [3.63, 3.8) is 0 Å². The molecule has 0 aromatic rings. The van der Waals surface area contributed by atoms with Crippen LogP contribution in [0.1, 0.15) is 27.2 Å². The third-order valence-corrected chi connectivity index (χ3v) is 2.14. The van der Waals surface area contributed by atoms with E-state index in [1.54, 1.807) is 0 Å². The van der Waals surface area contributed by atoms with Crippen molar-refractivity contribution in [2.24, 2.45) is 5.92 Å². The third-order valence-electron chi connectivity index (χ3n) is 2.14. The molecule has 1 N–H and O–H groups in total. The number of hydrogen-bond acceptors (Lipinski definition) is 2. The van der Waals surface area contributed by atoms with Crippen LogP contribution in [0.2, 0.25) is 0 Å². The van der Waals surface area contributed by atoms with E-state index in [4.69, 9.17) is 5.11 Å². The highest BCUT2D eigenvalue weighted by Gasteiger charge is 2.02. The van der Waals surface area contributed by atoms with Gasteiger partial charge in [-0.25, -0.2) is 0 Å². The number of rotatable bonds is 6. The Morgan fingerprint density at radius 1 is 1.27 bits per heavy atom. The van der Waals surface area contributed by atoms with Crippen LogP contribution in [0.3, 0.4) is 0 Å². The molecule has 11 heavy (non-hydrogen) atoms. The summed E-state index contributed by atoms with van der Waals surface area (Å²) < 4.78 is 0. The van der Waals surface area contributed by atoms with Crippen molar-refractivity contribution in [1.29, 1.82) is 0 Å². The Kier molecular flexibility index (Phi) is 6.57. The van der Waals surface area contributed by atoms with E-state index in [-0.39, 0.29) is 0 Å². The lowest BCUT2D eigenvalue weighted by atomic mass is 10.1. The maximum absolute atomic E-state index is 8.77. The first-order chi connectivity index (χ1) is 5.24. The molecule has 0 heterocycles. The van der Waals surface area contributed by atoms with Gasteiger partial charge in [0.2, 0.25) is 0 Å². The van der Waals surface area contributed by atoms with Gasteiger partial charge >= 0.3 is 0 Å². The number of aliphatic hydroxyl groups is 1. The number of hydrogen-bond donors (Lipinski definition) is 1. The van der Waals surface area contributed by atoms with Gasteiger partial charge in [0.25, 0.3) is 0 Å². The van der Waals surface area contributed by atoms with E-state index in [2.05, 4.69) is 25.7 Å². The van der Waals surface area contributed by atoms with E-state index >= 15 is 0 Å². The van der Waals surface area contributed by atoms with E-state index in [1.807, 2.05) is 0 Å². The number of nitrogens with zero attached hydrogens (tertiary/aromatic N) is 1. The maximum Gasteiger partial charge on any atom is 0.0457 e. The summed E-state index contributed by atoms with van der Waals surface area (Å²) in [5.74, 6) is 0.454. The molecule has 0 saturated carbocycles.